The Labute approximate surface area is 258 Å². The minimum atomic E-state index is 0.0212. The molecule has 3 nitrogen and oxygen atoms in total. The Kier molecular flexibility index (Phi) is 13.0. The highest BCUT2D eigenvalue weighted by Crippen LogP contribution is 2.31. The van der Waals surface area contributed by atoms with Crippen LogP contribution in [-0.2, 0) is 4.79 Å². The highest BCUT2D eigenvalue weighted by molar-refractivity contribution is 9.10. The number of amides is 1. The molecule has 0 aliphatic rings. The molecule has 2 N–H and O–H groups in total. The smallest absolute Gasteiger partial charge is 0.220 e. The Morgan fingerprint density at radius 3 is 1.36 bits per heavy atom. The summed E-state index contributed by atoms with van der Waals surface area (Å²) in [4.78, 5) is 11.8. The summed E-state index contributed by atoms with van der Waals surface area (Å²) in [5.41, 5.74) is 4.84. The van der Waals surface area contributed by atoms with Gasteiger partial charge in [0, 0.05) is 44.3 Å². The van der Waals surface area contributed by atoms with Crippen molar-refractivity contribution in [2.24, 2.45) is 0 Å². The van der Waals surface area contributed by atoms with Crippen LogP contribution in [0.3, 0.4) is 0 Å². The van der Waals surface area contributed by atoms with Crippen LogP contribution in [0.4, 0.5) is 0 Å². The fourth-order valence-corrected chi connectivity index (χ4v) is 5.09. The number of halogens is 4. The number of carbonyl (C=O) groups excluding carboxylic acids is 1. The Balaban J connectivity index is 0.000000216. The molecule has 0 aliphatic carbocycles. The molecule has 2 unspecified atom stereocenters. The first-order valence-electron chi connectivity index (χ1n) is 12.7. The minimum absolute atomic E-state index is 0.0212. The summed E-state index contributed by atoms with van der Waals surface area (Å²) in [5.74, 6) is 0.450. The predicted molar refractivity (Wildman–Crippen MR) is 172 cm³/mol. The molecule has 4 aromatic carbocycles. The maximum Gasteiger partial charge on any atom is 0.220 e. The van der Waals surface area contributed by atoms with E-state index in [4.69, 9.17) is 23.2 Å². The third-order valence-electron chi connectivity index (χ3n) is 6.44. The van der Waals surface area contributed by atoms with Gasteiger partial charge in [-0.25, -0.2) is 0 Å². The lowest BCUT2D eigenvalue weighted by atomic mass is 9.88. The van der Waals surface area contributed by atoms with Crippen LogP contribution in [-0.4, -0.2) is 26.5 Å². The Morgan fingerprint density at radius 1 is 0.641 bits per heavy atom. The van der Waals surface area contributed by atoms with Gasteiger partial charge in [0.1, 0.15) is 0 Å². The van der Waals surface area contributed by atoms with Crippen molar-refractivity contribution in [3.63, 3.8) is 0 Å². The molecule has 0 heterocycles. The molecule has 7 heteroatoms. The van der Waals surface area contributed by atoms with Crippen LogP contribution in [0.15, 0.2) is 106 Å². The quantitative estimate of drug-likeness (QED) is 0.184. The molecule has 0 saturated carbocycles. The molecule has 0 saturated heterocycles. The fraction of sp³-hybridized carbons (Fsp3) is 0.219. The van der Waals surface area contributed by atoms with Gasteiger partial charge in [-0.1, -0.05) is 104 Å². The van der Waals surface area contributed by atoms with Crippen LogP contribution in [0.5, 0.6) is 0 Å². The van der Waals surface area contributed by atoms with Gasteiger partial charge in [-0.2, -0.15) is 0 Å². The number of rotatable bonds is 9. The first-order chi connectivity index (χ1) is 18.8. The van der Waals surface area contributed by atoms with Crippen molar-refractivity contribution in [3.05, 3.63) is 138 Å². The van der Waals surface area contributed by atoms with E-state index in [1.165, 1.54) is 11.1 Å². The van der Waals surface area contributed by atoms with Gasteiger partial charge < -0.3 is 10.6 Å². The van der Waals surface area contributed by atoms with Crippen molar-refractivity contribution in [1.82, 2.24) is 10.6 Å². The maximum absolute atomic E-state index is 11.8. The van der Waals surface area contributed by atoms with E-state index in [1.807, 2.05) is 67.7 Å². The summed E-state index contributed by atoms with van der Waals surface area (Å²) in [5, 5.41) is 7.39. The van der Waals surface area contributed by atoms with Crippen LogP contribution in [0.25, 0.3) is 0 Å². The third-order valence-corrected chi connectivity index (χ3v) is 8.00. The number of nitrogens with one attached hydrogen (secondary N) is 2. The van der Waals surface area contributed by atoms with Crippen LogP contribution < -0.4 is 10.6 Å². The van der Waals surface area contributed by atoms with E-state index in [1.54, 1.807) is 7.05 Å². The Hall–Kier alpha value is -2.15. The largest absolute Gasteiger partial charge is 0.359 e. The molecule has 4 aromatic rings. The summed E-state index contributed by atoms with van der Waals surface area (Å²) in [6.07, 6.45) is 1.49. The molecule has 2 atom stereocenters. The molecular weight excluding hydrogens is 659 g/mol. The van der Waals surface area contributed by atoms with Crippen molar-refractivity contribution in [2.75, 3.05) is 20.6 Å². The lowest BCUT2D eigenvalue weighted by molar-refractivity contribution is -0.120. The summed E-state index contributed by atoms with van der Waals surface area (Å²) in [6.45, 7) is 0.989. The zero-order valence-electron chi connectivity index (χ0n) is 21.9. The van der Waals surface area contributed by atoms with Gasteiger partial charge in [0.05, 0.1) is 0 Å². The second-order valence-corrected chi connectivity index (χ2v) is 11.8. The van der Waals surface area contributed by atoms with Crippen molar-refractivity contribution in [1.29, 1.82) is 0 Å². The molecule has 0 aromatic heterocycles. The SMILES string of the molecule is CNC(=O)CC(c1ccc(Cl)cc1)c1ccc(Br)cc1.CNCCC(c1ccc(Cl)cc1)c1ccc(Br)cc1. The van der Waals surface area contributed by atoms with Gasteiger partial charge in [0.25, 0.3) is 0 Å². The van der Waals surface area contributed by atoms with Gasteiger partial charge >= 0.3 is 0 Å². The Morgan fingerprint density at radius 2 is 1.00 bits per heavy atom. The maximum atomic E-state index is 11.8. The van der Waals surface area contributed by atoms with Crippen molar-refractivity contribution in [3.8, 4) is 0 Å². The van der Waals surface area contributed by atoms with E-state index < -0.39 is 0 Å². The minimum Gasteiger partial charge on any atom is -0.359 e. The van der Waals surface area contributed by atoms with Crippen molar-refractivity contribution < 1.29 is 4.79 Å². The fourth-order valence-electron chi connectivity index (χ4n) is 4.31. The second kappa shape index (κ2) is 16.2. The highest BCUT2D eigenvalue weighted by atomic mass is 79.9. The first kappa shape index (κ1) is 31.4. The molecule has 0 spiro atoms. The van der Waals surface area contributed by atoms with Crippen LogP contribution in [0.1, 0.15) is 46.9 Å². The highest BCUT2D eigenvalue weighted by Gasteiger charge is 2.18. The predicted octanol–water partition coefficient (Wildman–Crippen LogP) is 9.21. The molecule has 0 radical (unpaired) electrons. The number of carbonyl (C=O) groups is 1. The molecule has 1 amide bonds. The molecule has 204 valence electrons. The summed E-state index contributed by atoms with van der Waals surface area (Å²) < 4.78 is 2.13. The van der Waals surface area contributed by atoms with E-state index in [9.17, 15) is 4.79 Å². The van der Waals surface area contributed by atoms with E-state index in [0.717, 1.165) is 38.1 Å². The van der Waals surface area contributed by atoms with E-state index >= 15 is 0 Å². The van der Waals surface area contributed by atoms with Gasteiger partial charge in [0.2, 0.25) is 5.91 Å². The number of hydrogen-bond acceptors (Lipinski definition) is 2. The van der Waals surface area contributed by atoms with Crippen LogP contribution in [0.2, 0.25) is 10.0 Å². The molecule has 0 bridgehead atoms. The van der Waals surface area contributed by atoms with Gasteiger partial charge in [-0.15, -0.1) is 0 Å². The lowest BCUT2D eigenvalue weighted by Gasteiger charge is -2.18. The van der Waals surface area contributed by atoms with Gasteiger partial charge in [-0.3, -0.25) is 4.79 Å². The topological polar surface area (TPSA) is 41.1 Å². The van der Waals surface area contributed by atoms with Crippen LogP contribution in [0, 0.1) is 0 Å². The monoisotopic (exact) mass is 688 g/mol. The molecule has 4 rings (SSSR count). The first-order valence-corrected chi connectivity index (χ1v) is 15.0. The van der Waals surface area contributed by atoms with Crippen molar-refractivity contribution in [2.45, 2.75) is 24.7 Å². The number of hydrogen-bond donors (Lipinski definition) is 2. The summed E-state index contributed by atoms with van der Waals surface area (Å²) in [7, 11) is 3.64. The third kappa shape index (κ3) is 10.1. The van der Waals surface area contributed by atoms with Crippen LogP contribution >= 0.6 is 55.1 Å². The second-order valence-electron chi connectivity index (χ2n) is 9.08. The standard InChI is InChI=1S/C16H15BrClNO.C16H17BrClN/c1-19-16(20)10-15(11-2-6-13(17)7-3-11)12-4-8-14(18)9-5-12;1-19-11-10-16(12-2-6-14(17)7-3-12)13-4-8-15(18)9-5-13/h2-9,15H,10H2,1H3,(H,19,20);2-9,16,19H,10-11H2,1H3. The average Bonchev–Trinajstić information content (AvgIpc) is 2.95. The van der Waals surface area contributed by atoms with Gasteiger partial charge in [-0.05, 0) is 90.8 Å². The van der Waals surface area contributed by atoms with Crippen molar-refractivity contribution >= 4 is 61.0 Å². The zero-order chi connectivity index (χ0) is 28.2. The van der Waals surface area contributed by atoms with E-state index in [0.29, 0.717) is 17.4 Å². The van der Waals surface area contributed by atoms with E-state index in [-0.39, 0.29) is 11.8 Å². The molecular formula is C32H32Br2Cl2N2O. The normalized spacial score (nSPS) is 12.2. The Bertz CT molecular complexity index is 1210. The van der Waals surface area contributed by atoms with E-state index in [2.05, 4.69) is 78.9 Å². The summed E-state index contributed by atoms with van der Waals surface area (Å²) >= 11 is 18.8. The summed E-state index contributed by atoms with van der Waals surface area (Å²) in [6, 6.07) is 32.4. The zero-order valence-corrected chi connectivity index (χ0v) is 26.6. The average molecular weight is 691 g/mol. The number of benzene rings is 4. The molecule has 0 fully saturated rings. The molecule has 0 aliphatic heterocycles. The molecule has 39 heavy (non-hydrogen) atoms. The lowest BCUT2D eigenvalue weighted by Crippen LogP contribution is -2.21. The van der Waals surface area contributed by atoms with Gasteiger partial charge in [0.15, 0.2) is 0 Å².